The summed E-state index contributed by atoms with van der Waals surface area (Å²) in [5.41, 5.74) is 5.64. The van der Waals surface area contributed by atoms with Crippen molar-refractivity contribution in [2.24, 2.45) is 5.73 Å². The summed E-state index contributed by atoms with van der Waals surface area (Å²) in [5.74, 6) is 2.63. The SMILES string of the molecule is C[C@@H](N)C(=O)N1CCC(N2CCSCC2)CC1. The summed E-state index contributed by atoms with van der Waals surface area (Å²) < 4.78 is 0. The van der Waals surface area contributed by atoms with Crippen LogP contribution in [0.4, 0.5) is 0 Å². The molecule has 2 aliphatic heterocycles. The minimum atomic E-state index is -0.349. The molecule has 2 rings (SSSR count). The van der Waals surface area contributed by atoms with Gasteiger partial charge in [-0.25, -0.2) is 0 Å². The number of nitrogens with two attached hydrogens (primary N) is 1. The highest BCUT2D eigenvalue weighted by atomic mass is 32.2. The van der Waals surface area contributed by atoms with Crippen LogP contribution < -0.4 is 5.73 Å². The maximum Gasteiger partial charge on any atom is 0.239 e. The first kappa shape index (κ1) is 13.2. The summed E-state index contributed by atoms with van der Waals surface area (Å²) in [5, 5.41) is 0. The van der Waals surface area contributed by atoms with E-state index in [1.165, 1.54) is 24.6 Å². The van der Waals surface area contributed by atoms with E-state index in [9.17, 15) is 4.79 Å². The molecule has 0 saturated carbocycles. The second kappa shape index (κ2) is 6.07. The number of rotatable bonds is 2. The van der Waals surface area contributed by atoms with Gasteiger partial charge in [0.25, 0.3) is 0 Å². The standard InChI is InChI=1S/C12H23N3OS/c1-10(13)12(16)15-4-2-11(3-5-15)14-6-8-17-9-7-14/h10-11H,2-9,13H2,1H3/t10-/m1/s1. The molecule has 4 nitrogen and oxygen atoms in total. The number of nitrogens with zero attached hydrogens (tertiary/aromatic N) is 2. The van der Waals surface area contributed by atoms with Crippen molar-refractivity contribution in [1.82, 2.24) is 9.80 Å². The summed E-state index contributed by atoms with van der Waals surface area (Å²) in [6.45, 7) is 5.98. The monoisotopic (exact) mass is 257 g/mol. The lowest BCUT2D eigenvalue weighted by Gasteiger charge is -2.40. The Balaban J connectivity index is 1.79. The molecule has 2 aliphatic rings. The van der Waals surface area contributed by atoms with Crippen LogP contribution in [0.3, 0.4) is 0 Å². The van der Waals surface area contributed by atoms with Gasteiger partial charge in [0.2, 0.25) is 5.91 Å². The molecule has 98 valence electrons. The third kappa shape index (κ3) is 3.36. The van der Waals surface area contributed by atoms with Crippen molar-refractivity contribution in [3.63, 3.8) is 0 Å². The first-order valence-corrected chi connectivity index (χ1v) is 7.70. The number of likely N-dealkylation sites (tertiary alicyclic amines) is 1. The van der Waals surface area contributed by atoms with Crippen LogP contribution in [0.15, 0.2) is 0 Å². The van der Waals surface area contributed by atoms with Crippen molar-refractivity contribution < 1.29 is 4.79 Å². The van der Waals surface area contributed by atoms with Gasteiger partial charge in [0.15, 0.2) is 0 Å². The fourth-order valence-electron chi connectivity index (χ4n) is 2.68. The van der Waals surface area contributed by atoms with E-state index in [0.717, 1.165) is 25.9 Å². The van der Waals surface area contributed by atoms with Crippen molar-refractivity contribution in [2.75, 3.05) is 37.7 Å². The molecule has 2 saturated heterocycles. The van der Waals surface area contributed by atoms with Crippen LogP contribution in [0.2, 0.25) is 0 Å². The molecule has 0 unspecified atom stereocenters. The van der Waals surface area contributed by atoms with Crippen LogP contribution in [-0.4, -0.2) is 65.5 Å². The van der Waals surface area contributed by atoms with Crippen LogP contribution in [-0.2, 0) is 4.79 Å². The van der Waals surface area contributed by atoms with E-state index >= 15 is 0 Å². The summed E-state index contributed by atoms with van der Waals surface area (Å²) in [6, 6.07) is 0.339. The van der Waals surface area contributed by atoms with Gasteiger partial charge in [-0.1, -0.05) is 0 Å². The zero-order valence-corrected chi connectivity index (χ0v) is 11.4. The van der Waals surface area contributed by atoms with E-state index < -0.39 is 0 Å². The van der Waals surface area contributed by atoms with E-state index in [4.69, 9.17) is 5.73 Å². The molecular formula is C12H23N3OS. The van der Waals surface area contributed by atoms with Crippen LogP contribution >= 0.6 is 11.8 Å². The summed E-state index contributed by atoms with van der Waals surface area (Å²) in [4.78, 5) is 16.3. The number of carbonyl (C=O) groups excluding carboxylic acids is 1. The number of carbonyl (C=O) groups is 1. The third-order valence-electron chi connectivity index (χ3n) is 3.73. The van der Waals surface area contributed by atoms with Crippen molar-refractivity contribution in [2.45, 2.75) is 31.8 Å². The molecule has 2 N–H and O–H groups in total. The average molecular weight is 257 g/mol. The van der Waals surface area contributed by atoms with Crippen LogP contribution in [0.1, 0.15) is 19.8 Å². The van der Waals surface area contributed by atoms with Crippen LogP contribution in [0.25, 0.3) is 0 Å². The maximum atomic E-state index is 11.8. The predicted molar refractivity (Wildman–Crippen MR) is 72.1 cm³/mol. The second-order valence-electron chi connectivity index (χ2n) is 4.99. The Morgan fingerprint density at radius 3 is 2.35 bits per heavy atom. The minimum absolute atomic E-state index is 0.109. The van der Waals surface area contributed by atoms with E-state index in [2.05, 4.69) is 4.90 Å². The van der Waals surface area contributed by atoms with E-state index in [1.807, 2.05) is 16.7 Å². The molecule has 0 bridgehead atoms. The van der Waals surface area contributed by atoms with E-state index in [-0.39, 0.29) is 11.9 Å². The summed E-state index contributed by atoms with van der Waals surface area (Å²) in [7, 11) is 0. The van der Waals surface area contributed by atoms with Gasteiger partial charge in [-0.05, 0) is 19.8 Å². The number of thioether (sulfide) groups is 1. The smallest absolute Gasteiger partial charge is 0.239 e. The maximum absolute atomic E-state index is 11.8. The van der Waals surface area contributed by atoms with Gasteiger partial charge in [0, 0.05) is 43.7 Å². The quantitative estimate of drug-likeness (QED) is 0.777. The lowest BCUT2D eigenvalue weighted by Crippen LogP contribution is -2.51. The number of amides is 1. The predicted octanol–water partition coefficient (Wildman–Crippen LogP) is 0.373. The Morgan fingerprint density at radius 1 is 1.24 bits per heavy atom. The zero-order chi connectivity index (χ0) is 12.3. The zero-order valence-electron chi connectivity index (χ0n) is 10.6. The lowest BCUT2D eigenvalue weighted by molar-refractivity contribution is -0.133. The molecule has 1 amide bonds. The van der Waals surface area contributed by atoms with Crippen molar-refractivity contribution in [3.8, 4) is 0 Å². The molecule has 17 heavy (non-hydrogen) atoms. The highest BCUT2D eigenvalue weighted by molar-refractivity contribution is 7.99. The Labute approximate surface area is 108 Å². The molecular weight excluding hydrogens is 234 g/mol. The molecule has 0 aromatic carbocycles. The molecule has 5 heteroatoms. The Bertz CT molecular complexity index is 258. The molecule has 2 heterocycles. The highest BCUT2D eigenvalue weighted by Gasteiger charge is 2.28. The van der Waals surface area contributed by atoms with Gasteiger partial charge >= 0.3 is 0 Å². The molecule has 0 aromatic heterocycles. The molecule has 2 fully saturated rings. The topological polar surface area (TPSA) is 49.6 Å². The molecule has 0 aliphatic carbocycles. The van der Waals surface area contributed by atoms with Crippen LogP contribution in [0.5, 0.6) is 0 Å². The summed E-state index contributed by atoms with van der Waals surface area (Å²) in [6.07, 6.45) is 2.23. The number of hydrogen-bond donors (Lipinski definition) is 1. The van der Waals surface area contributed by atoms with E-state index in [0.29, 0.717) is 6.04 Å². The fourth-order valence-corrected chi connectivity index (χ4v) is 3.61. The molecule has 0 spiro atoms. The van der Waals surface area contributed by atoms with Gasteiger partial charge in [0.1, 0.15) is 0 Å². The van der Waals surface area contributed by atoms with Gasteiger partial charge < -0.3 is 10.6 Å². The molecule has 0 radical (unpaired) electrons. The highest BCUT2D eigenvalue weighted by Crippen LogP contribution is 2.20. The average Bonchev–Trinajstić information content (AvgIpc) is 2.39. The van der Waals surface area contributed by atoms with Gasteiger partial charge in [-0.3, -0.25) is 9.69 Å². The lowest BCUT2D eigenvalue weighted by atomic mass is 10.0. The second-order valence-corrected chi connectivity index (χ2v) is 6.22. The van der Waals surface area contributed by atoms with Crippen molar-refractivity contribution in [1.29, 1.82) is 0 Å². The normalized spacial score (nSPS) is 25.9. The summed E-state index contributed by atoms with van der Waals surface area (Å²) >= 11 is 2.05. The van der Waals surface area contributed by atoms with Crippen molar-refractivity contribution in [3.05, 3.63) is 0 Å². The van der Waals surface area contributed by atoms with Crippen LogP contribution in [0, 0.1) is 0 Å². The number of hydrogen-bond acceptors (Lipinski definition) is 4. The van der Waals surface area contributed by atoms with Gasteiger partial charge in [0.05, 0.1) is 6.04 Å². The Morgan fingerprint density at radius 2 is 1.82 bits per heavy atom. The Hall–Kier alpha value is -0.260. The van der Waals surface area contributed by atoms with E-state index in [1.54, 1.807) is 6.92 Å². The molecule has 0 aromatic rings. The molecule has 1 atom stereocenters. The largest absolute Gasteiger partial charge is 0.341 e. The third-order valence-corrected chi connectivity index (χ3v) is 4.67. The Kier molecular flexibility index (Phi) is 4.70. The van der Waals surface area contributed by atoms with Crippen molar-refractivity contribution >= 4 is 17.7 Å². The first-order chi connectivity index (χ1) is 8.18. The number of piperidine rings is 1. The van der Waals surface area contributed by atoms with Gasteiger partial charge in [-0.15, -0.1) is 0 Å². The minimum Gasteiger partial charge on any atom is -0.341 e. The first-order valence-electron chi connectivity index (χ1n) is 6.54. The van der Waals surface area contributed by atoms with Gasteiger partial charge in [-0.2, -0.15) is 11.8 Å². The fraction of sp³-hybridized carbons (Fsp3) is 0.917.